The van der Waals surface area contributed by atoms with E-state index in [4.69, 9.17) is 0 Å². The molecular formula is C19H29N3O2. The second kappa shape index (κ2) is 7.88. The fourth-order valence-corrected chi connectivity index (χ4v) is 3.71. The van der Waals surface area contributed by atoms with E-state index in [1.54, 1.807) is 0 Å². The minimum atomic E-state index is -0.193. The van der Waals surface area contributed by atoms with E-state index in [1.165, 1.54) is 29.7 Å². The zero-order valence-electron chi connectivity index (χ0n) is 14.6. The molecule has 5 heteroatoms. The smallest absolute Gasteiger partial charge is 0.315 e. The van der Waals surface area contributed by atoms with Crippen LogP contribution in [0.15, 0.2) is 18.2 Å². The van der Waals surface area contributed by atoms with Crippen LogP contribution in [0.2, 0.25) is 0 Å². The molecule has 2 fully saturated rings. The van der Waals surface area contributed by atoms with E-state index < -0.39 is 0 Å². The van der Waals surface area contributed by atoms with Crippen molar-refractivity contribution in [1.82, 2.24) is 10.6 Å². The highest BCUT2D eigenvalue weighted by molar-refractivity contribution is 5.74. The summed E-state index contributed by atoms with van der Waals surface area (Å²) in [5.74, 6) is 0. The Kier molecular flexibility index (Phi) is 5.61. The molecule has 1 aromatic carbocycles. The molecule has 5 nitrogen and oxygen atoms in total. The molecule has 2 amide bonds. The van der Waals surface area contributed by atoms with Crippen molar-refractivity contribution < 1.29 is 9.90 Å². The normalized spacial score (nSPS) is 24.0. The number of aliphatic hydroxyl groups is 1. The monoisotopic (exact) mass is 331 g/mol. The number of aliphatic hydroxyl groups excluding tert-OH is 1. The number of amides is 2. The molecule has 0 spiro atoms. The molecule has 1 saturated carbocycles. The van der Waals surface area contributed by atoms with Crippen molar-refractivity contribution >= 4 is 11.7 Å². The van der Waals surface area contributed by atoms with Crippen molar-refractivity contribution in [3.63, 3.8) is 0 Å². The second-order valence-corrected chi connectivity index (χ2v) is 7.16. The number of anilines is 1. The summed E-state index contributed by atoms with van der Waals surface area (Å²) in [5.41, 5.74) is 3.69. The second-order valence-electron chi connectivity index (χ2n) is 7.16. The quantitative estimate of drug-likeness (QED) is 0.795. The number of rotatable bonds is 4. The van der Waals surface area contributed by atoms with Crippen LogP contribution in [0.4, 0.5) is 10.5 Å². The van der Waals surface area contributed by atoms with Gasteiger partial charge in [0.15, 0.2) is 0 Å². The van der Waals surface area contributed by atoms with Crippen LogP contribution < -0.4 is 15.5 Å². The average molecular weight is 331 g/mol. The van der Waals surface area contributed by atoms with Gasteiger partial charge >= 0.3 is 6.03 Å². The van der Waals surface area contributed by atoms with Crippen molar-refractivity contribution in [3.8, 4) is 0 Å². The zero-order chi connectivity index (χ0) is 16.9. The lowest BCUT2D eigenvalue weighted by atomic mass is 9.93. The molecule has 3 N–H and O–H groups in total. The van der Waals surface area contributed by atoms with Gasteiger partial charge in [-0.05, 0) is 62.6 Å². The molecule has 0 atom stereocenters. The average Bonchev–Trinajstić information content (AvgIpc) is 3.10. The predicted molar refractivity (Wildman–Crippen MR) is 96.3 cm³/mol. The van der Waals surface area contributed by atoms with Crippen LogP contribution in [0.25, 0.3) is 0 Å². The molecule has 132 valence electrons. The fraction of sp³-hybridized carbons (Fsp3) is 0.632. The molecule has 1 aromatic rings. The molecule has 1 aliphatic heterocycles. The van der Waals surface area contributed by atoms with Crippen molar-refractivity contribution in [2.24, 2.45) is 0 Å². The molecule has 2 aliphatic rings. The van der Waals surface area contributed by atoms with E-state index in [9.17, 15) is 9.90 Å². The summed E-state index contributed by atoms with van der Waals surface area (Å²) in [6, 6.07) is 6.54. The van der Waals surface area contributed by atoms with E-state index in [-0.39, 0.29) is 18.2 Å². The van der Waals surface area contributed by atoms with E-state index in [2.05, 4.69) is 40.7 Å². The van der Waals surface area contributed by atoms with Gasteiger partial charge < -0.3 is 20.6 Å². The SMILES string of the molecule is Cc1ccc(CNC(=O)NC2CCC(O)CC2)c(N2CCCC2)c1. The highest BCUT2D eigenvalue weighted by Crippen LogP contribution is 2.26. The molecule has 0 aromatic heterocycles. The summed E-state index contributed by atoms with van der Waals surface area (Å²) in [6.45, 7) is 4.87. The fourth-order valence-electron chi connectivity index (χ4n) is 3.71. The number of benzene rings is 1. The van der Waals surface area contributed by atoms with Gasteiger partial charge in [0.25, 0.3) is 0 Å². The Labute approximate surface area is 144 Å². The van der Waals surface area contributed by atoms with Gasteiger partial charge in [-0.1, -0.05) is 12.1 Å². The highest BCUT2D eigenvalue weighted by atomic mass is 16.3. The topological polar surface area (TPSA) is 64.6 Å². The first-order valence-electron chi connectivity index (χ1n) is 9.19. The molecule has 0 unspecified atom stereocenters. The van der Waals surface area contributed by atoms with Gasteiger partial charge in [0.05, 0.1) is 6.10 Å². The Bertz CT molecular complexity index is 562. The molecule has 24 heavy (non-hydrogen) atoms. The Balaban J connectivity index is 1.55. The Hall–Kier alpha value is -1.75. The maximum absolute atomic E-state index is 12.2. The molecular weight excluding hydrogens is 302 g/mol. The summed E-state index contributed by atoms with van der Waals surface area (Å²) < 4.78 is 0. The molecule has 1 heterocycles. The Morgan fingerprint density at radius 3 is 2.62 bits per heavy atom. The number of hydrogen-bond acceptors (Lipinski definition) is 3. The third-order valence-electron chi connectivity index (χ3n) is 5.16. The number of hydrogen-bond donors (Lipinski definition) is 3. The minimum Gasteiger partial charge on any atom is -0.393 e. The van der Waals surface area contributed by atoms with Gasteiger partial charge in [-0.15, -0.1) is 0 Å². The van der Waals surface area contributed by atoms with Crippen LogP contribution in [0.3, 0.4) is 0 Å². The maximum Gasteiger partial charge on any atom is 0.315 e. The van der Waals surface area contributed by atoms with E-state index >= 15 is 0 Å². The predicted octanol–water partition coefficient (Wildman–Crippen LogP) is 2.70. The van der Waals surface area contributed by atoms with Gasteiger partial charge in [0.1, 0.15) is 0 Å². The lowest BCUT2D eigenvalue weighted by Gasteiger charge is -2.26. The van der Waals surface area contributed by atoms with E-state index in [1.807, 2.05) is 0 Å². The summed E-state index contributed by atoms with van der Waals surface area (Å²) >= 11 is 0. The number of urea groups is 1. The first kappa shape index (κ1) is 17.1. The Morgan fingerprint density at radius 2 is 1.92 bits per heavy atom. The molecule has 0 radical (unpaired) electrons. The van der Waals surface area contributed by atoms with Crippen molar-refractivity contribution in [2.45, 2.75) is 64.1 Å². The largest absolute Gasteiger partial charge is 0.393 e. The number of carbonyl (C=O) groups is 1. The van der Waals surface area contributed by atoms with Crippen LogP contribution in [-0.2, 0) is 6.54 Å². The van der Waals surface area contributed by atoms with E-state index in [0.29, 0.717) is 6.54 Å². The first-order chi connectivity index (χ1) is 11.6. The van der Waals surface area contributed by atoms with Crippen molar-refractivity contribution in [2.75, 3.05) is 18.0 Å². The lowest BCUT2D eigenvalue weighted by molar-refractivity contribution is 0.117. The zero-order valence-corrected chi connectivity index (χ0v) is 14.6. The van der Waals surface area contributed by atoms with Gasteiger partial charge in [-0.25, -0.2) is 4.79 Å². The van der Waals surface area contributed by atoms with Gasteiger partial charge in [0, 0.05) is 31.4 Å². The first-order valence-corrected chi connectivity index (χ1v) is 9.19. The maximum atomic E-state index is 12.2. The van der Waals surface area contributed by atoms with E-state index in [0.717, 1.165) is 38.8 Å². The number of nitrogens with one attached hydrogen (secondary N) is 2. The van der Waals surface area contributed by atoms with Gasteiger partial charge in [-0.2, -0.15) is 0 Å². The Morgan fingerprint density at radius 1 is 1.21 bits per heavy atom. The van der Waals surface area contributed by atoms with Crippen molar-refractivity contribution in [1.29, 1.82) is 0 Å². The van der Waals surface area contributed by atoms with Crippen LogP contribution >= 0.6 is 0 Å². The lowest BCUT2D eigenvalue weighted by Crippen LogP contribution is -2.44. The molecule has 3 rings (SSSR count). The summed E-state index contributed by atoms with van der Waals surface area (Å²) in [4.78, 5) is 14.6. The third-order valence-corrected chi connectivity index (χ3v) is 5.16. The standard InChI is InChI=1S/C19H29N3O2/c1-14-4-5-15(18(12-14)22-10-2-3-11-22)13-20-19(24)21-16-6-8-17(23)9-7-16/h4-5,12,16-17,23H,2-3,6-11,13H2,1H3,(H2,20,21,24). The van der Waals surface area contributed by atoms with Crippen LogP contribution in [0.5, 0.6) is 0 Å². The summed E-state index contributed by atoms with van der Waals surface area (Å²) in [7, 11) is 0. The number of aryl methyl sites for hydroxylation is 1. The molecule has 0 bridgehead atoms. The minimum absolute atomic E-state index is 0.107. The summed E-state index contributed by atoms with van der Waals surface area (Å²) in [6.07, 6.45) is 5.57. The number of nitrogens with zero attached hydrogens (tertiary/aromatic N) is 1. The van der Waals surface area contributed by atoms with Gasteiger partial charge in [-0.3, -0.25) is 0 Å². The van der Waals surface area contributed by atoms with Crippen LogP contribution in [0, 0.1) is 6.92 Å². The van der Waals surface area contributed by atoms with Crippen LogP contribution in [-0.4, -0.2) is 36.4 Å². The third kappa shape index (κ3) is 4.41. The molecule has 1 aliphatic carbocycles. The number of carbonyl (C=O) groups excluding carboxylic acids is 1. The summed E-state index contributed by atoms with van der Waals surface area (Å²) in [5, 5.41) is 15.6. The highest BCUT2D eigenvalue weighted by Gasteiger charge is 2.21. The molecule has 1 saturated heterocycles. The van der Waals surface area contributed by atoms with Gasteiger partial charge in [0.2, 0.25) is 0 Å². The van der Waals surface area contributed by atoms with Crippen molar-refractivity contribution in [3.05, 3.63) is 29.3 Å². The van der Waals surface area contributed by atoms with Crippen LogP contribution in [0.1, 0.15) is 49.7 Å².